The predicted molar refractivity (Wildman–Crippen MR) is 138 cm³/mol. The third kappa shape index (κ3) is 4.85. The molecule has 1 spiro atoms. The van der Waals surface area contributed by atoms with Gasteiger partial charge in [0.05, 0.1) is 33.9 Å². The van der Waals surface area contributed by atoms with Crippen molar-refractivity contribution in [3.8, 4) is 0 Å². The van der Waals surface area contributed by atoms with Crippen LogP contribution in [0.5, 0.6) is 0 Å². The fourth-order valence-electron chi connectivity index (χ4n) is 4.13. The first-order valence-corrected chi connectivity index (χ1v) is 12.4. The van der Waals surface area contributed by atoms with E-state index in [0.717, 1.165) is 36.8 Å². The summed E-state index contributed by atoms with van der Waals surface area (Å²) in [5, 5.41) is 4.57. The lowest BCUT2D eigenvalue weighted by molar-refractivity contribution is -0.113. The number of hydrogen-bond donors (Lipinski definition) is 1. The van der Waals surface area contributed by atoms with E-state index < -0.39 is 11.5 Å². The van der Waals surface area contributed by atoms with Gasteiger partial charge in [-0.3, -0.25) is 14.8 Å². The van der Waals surface area contributed by atoms with Gasteiger partial charge >= 0.3 is 0 Å². The highest BCUT2D eigenvalue weighted by Crippen LogP contribution is 2.35. The first kappa shape index (κ1) is 23.0. The Hall–Kier alpha value is -2.81. The molecule has 1 aromatic heterocycles. The highest BCUT2D eigenvalue weighted by atomic mass is 35.5. The number of anilines is 1. The molecule has 34 heavy (non-hydrogen) atoms. The molecule has 2 aliphatic rings. The van der Waals surface area contributed by atoms with Crippen molar-refractivity contribution in [2.75, 3.05) is 31.2 Å². The van der Waals surface area contributed by atoms with E-state index in [0.29, 0.717) is 22.0 Å². The molecule has 3 aromatic rings. The number of rotatable bonds is 4. The number of piperidine rings is 1. The lowest BCUT2D eigenvalue weighted by atomic mass is 9.99. The van der Waals surface area contributed by atoms with Gasteiger partial charge in [0.1, 0.15) is 10.9 Å². The summed E-state index contributed by atoms with van der Waals surface area (Å²) in [5.41, 5.74) is 2.18. The number of para-hydroxylation sites is 1. The van der Waals surface area contributed by atoms with Crippen LogP contribution in [0.3, 0.4) is 0 Å². The van der Waals surface area contributed by atoms with Crippen molar-refractivity contribution in [1.82, 2.24) is 9.88 Å². The summed E-state index contributed by atoms with van der Waals surface area (Å²) in [7, 11) is 2.08. The van der Waals surface area contributed by atoms with Gasteiger partial charge in [0.15, 0.2) is 5.66 Å². The first-order valence-electron chi connectivity index (χ1n) is 11.0. The molecule has 6 nitrogen and oxygen atoms in total. The zero-order valence-electron chi connectivity index (χ0n) is 18.6. The van der Waals surface area contributed by atoms with Crippen molar-refractivity contribution in [3.63, 3.8) is 0 Å². The largest absolute Gasteiger partial charge is 0.324 e. The topological polar surface area (TPSA) is 70.0 Å². The zero-order chi connectivity index (χ0) is 23.7. The molecule has 9 heteroatoms. The molecule has 2 aliphatic heterocycles. The van der Waals surface area contributed by atoms with Gasteiger partial charge in [0.25, 0.3) is 0 Å². The van der Waals surface area contributed by atoms with E-state index in [1.165, 1.54) is 23.9 Å². The van der Waals surface area contributed by atoms with E-state index in [9.17, 15) is 9.18 Å². The Kier molecular flexibility index (Phi) is 6.38. The molecular weight excluding hydrogens is 473 g/mol. The minimum atomic E-state index is -0.557. The maximum Gasteiger partial charge on any atom is 0.234 e. The average molecular weight is 496 g/mol. The molecule has 0 radical (unpaired) electrons. The van der Waals surface area contributed by atoms with Crippen molar-refractivity contribution >= 4 is 56.6 Å². The van der Waals surface area contributed by atoms with Crippen LogP contribution in [0.15, 0.2) is 64.7 Å². The Balaban J connectivity index is 1.34. The molecular formula is C25H23ClFN5OS. The molecule has 5 rings (SSSR count). The Morgan fingerprint density at radius 3 is 2.76 bits per heavy atom. The number of nitrogens with zero attached hydrogens (tertiary/aromatic N) is 4. The summed E-state index contributed by atoms with van der Waals surface area (Å²) in [6.07, 6.45) is 3.21. The maximum atomic E-state index is 14.2. The number of amides is 1. The van der Waals surface area contributed by atoms with Crippen LogP contribution < -0.4 is 5.32 Å². The van der Waals surface area contributed by atoms with Crippen molar-refractivity contribution < 1.29 is 9.18 Å². The van der Waals surface area contributed by atoms with Crippen molar-refractivity contribution in [2.24, 2.45) is 9.98 Å². The fourth-order valence-corrected chi connectivity index (χ4v) is 5.12. The van der Waals surface area contributed by atoms with Crippen LogP contribution >= 0.6 is 23.4 Å². The summed E-state index contributed by atoms with van der Waals surface area (Å²) < 4.78 is 14.2. The number of aromatic nitrogens is 1. The second-order valence-corrected chi connectivity index (χ2v) is 9.92. The second-order valence-electron chi connectivity index (χ2n) is 8.55. The molecule has 0 atom stereocenters. The number of aliphatic imine (C=N–C) groups is 2. The van der Waals surface area contributed by atoms with Crippen LogP contribution in [-0.2, 0) is 4.79 Å². The molecule has 1 N–H and O–H groups in total. The van der Waals surface area contributed by atoms with E-state index in [4.69, 9.17) is 21.6 Å². The highest BCUT2D eigenvalue weighted by Gasteiger charge is 2.39. The number of carbonyl (C=O) groups is 1. The maximum absolute atomic E-state index is 14.2. The summed E-state index contributed by atoms with van der Waals surface area (Å²) in [4.78, 5) is 29.2. The number of likely N-dealkylation sites (tertiary alicyclic amines) is 1. The molecule has 0 saturated carbocycles. The number of hydrogen-bond acceptors (Lipinski definition) is 6. The van der Waals surface area contributed by atoms with Crippen molar-refractivity contribution in [3.05, 3.63) is 71.1 Å². The fraction of sp³-hybridized carbons (Fsp3) is 0.280. The smallest absolute Gasteiger partial charge is 0.234 e. The summed E-state index contributed by atoms with van der Waals surface area (Å²) in [6, 6.07) is 14.3. The molecule has 3 heterocycles. The normalized spacial score (nSPS) is 17.6. The van der Waals surface area contributed by atoms with Crippen molar-refractivity contribution in [1.29, 1.82) is 0 Å². The molecule has 0 bridgehead atoms. The van der Waals surface area contributed by atoms with Gasteiger partial charge in [-0.05, 0) is 31.3 Å². The predicted octanol–water partition coefficient (Wildman–Crippen LogP) is 5.02. The molecule has 1 saturated heterocycles. The van der Waals surface area contributed by atoms with Gasteiger partial charge in [-0.15, -0.1) is 0 Å². The van der Waals surface area contributed by atoms with Gasteiger partial charge in [0, 0.05) is 36.9 Å². The molecule has 0 unspecified atom stereocenters. The highest BCUT2D eigenvalue weighted by molar-refractivity contribution is 8.16. The Bertz CT molecular complexity index is 1320. The van der Waals surface area contributed by atoms with Crippen LogP contribution in [0.25, 0.3) is 10.9 Å². The standard InChI is InChI=1S/C25H23ClFN5OS/c1-32-10-8-25(9-11-32)30-23(17-6-7-19(26)20(27)13-17)24(31-25)34-15-22(33)29-18-12-16-4-2-3-5-21(16)28-14-18/h2-7,12-14H,8-11,15H2,1H3,(H,29,33). The van der Waals surface area contributed by atoms with Gasteiger partial charge in [-0.1, -0.05) is 47.6 Å². The minimum absolute atomic E-state index is 0.0610. The van der Waals surface area contributed by atoms with Crippen LogP contribution in [0.1, 0.15) is 18.4 Å². The third-order valence-corrected chi connectivity index (χ3v) is 7.30. The van der Waals surface area contributed by atoms with E-state index in [1.54, 1.807) is 12.3 Å². The van der Waals surface area contributed by atoms with E-state index in [1.807, 2.05) is 30.3 Å². The molecule has 174 valence electrons. The molecule has 1 amide bonds. The van der Waals surface area contributed by atoms with Crippen LogP contribution in [0.4, 0.5) is 10.1 Å². The number of nitrogens with one attached hydrogen (secondary N) is 1. The molecule has 1 fully saturated rings. The number of fused-ring (bicyclic) bond motifs is 1. The quantitative estimate of drug-likeness (QED) is 0.551. The summed E-state index contributed by atoms with van der Waals surface area (Å²) >= 11 is 7.20. The lowest BCUT2D eigenvalue weighted by Crippen LogP contribution is -2.39. The summed E-state index contributed by atoms with van der Waals surface area (Å²) in [6.45, 7) is 1.76. The summed E-state index contributed by atoms with van der Waals surface area (Å²) in [5.74, 6) is -0.524. The number of pyridine rings is 1. The third-order valence-electron chi connectivity index (χ3n) is 6.03. The SMILES string of the molecule is CN1CCC2(CC1)N=C(SCC(=O)Nc1cnc3ccccc3c1)C(c1ccc(Cl)c(F)c1)=N2. The van der Waals surface area contributed by atoms with Crippen LogP contribution in [0.2, 0.25) is 5.02 Å². The molecule has 0 aliphatic carbocycles. The average Bonchev–Trinajstić information content (AvgIpc) is 3.20. The zero-order valence-corrected chi connectivity index (χ0v) is 20.2. The molecule has 2 aromatic carbocycles. The van der Waals surface area contributed by atoms with E-state index in [-0.39, 0.29) is 16.7 Å². The van der Waals surface area contributed by atoms with Crippen LogP contribution in [-0.4, -0.2) is 58.1 Å². The van der Waals surface area contributed by atoms with E-state index >= 15 is 0 Å². The van der Waals surface area contributed by atoms with Gasteiger partial charge in [-0.25, -0.2) is 9.38 Å². The lowest BCUT2D eigenvalue weighted by Gasteiger charge is -2.33. The van der Waals surface area contributed by atoms with Gasteiger partial charge in [0.2, 0.25) is 5.91 Å². The van der Waals surface area contributed by atoms with Gasteiger partial charge in [-0.2, -0.15) is 0 Å². The number of halogens is 2. The van der Waals surface area contributed by atoms with Crippen molar-refractivity contribution in [2.45, 2.75) is 18.5 Å². The Morgan fingerprint density at radius 1 is 1.18 bits per heavy atom. The Labute approximate surface area is 206 Å². The first-order chi connectivity index (χ1) is 16.4. The Morgan fingerprint density at radius 2 is 1.97 bits per heavy atom. The van der Waals surface area contributed by atoms with E-state index in [2.05, 4.69) is 22.2 Å². The number of carbonyl (C=O) groups excluding carboxylic acids is 1. The monoisotopic (exact) mass is 495 g/mol. The number of thioether (sulfide) groups is 1. The second kappa shape index (κ2) is 9.44. The van der Waals surface area contributed by atoms with Gasteiger partial charge < -0.3 is 10.2 Å². The van der Waals surface area contributed by atoms with Crippen LogP contribution in [0, 0.1) is 5.82 Å². The number of benzene rings is 2. The minimum Gasteiger partial charge on any atom is -0.324 e.